The molecule has 1 saturated heterocycles. The summed E-state index contributed by atoms with van der Waals surface area (Å²) in [6, 6.07) is 23.8. The van der Waals surface area contributed by atoms with Crippen LogP contribution in [0.2, 0.25) is 0 Å². The molecule has 0 bridgehead atoms. The highest BCUT2D eigenvalue weighted by molar-refractivity contribution is 7.19. The molecule has 2 heterocycles. The maximum Gasteiger partial charge on any atom is 0.323 e. The second-order valence-corrected chi connectivity index (χ2v) is 8.41. The number of aromatic nitrogens is 1. The van der Waals surface area contributed by atoms with E-state index in [1.165, 1.54) is 11.3 Å². The van der Waals surface area contributed by atoms with Gasteiger partial charge in [0.15, 0.2) is 5.13 Å². The minimum atomic E-state index is -0.310. The van der Waals surface area contributed by atoms with E-state index in [9.17, 15) is 9.59 Å². The summed E-state index contributed by atoms with van der Waals surface area (Å²) in [5.74, 6) is 1.48. The van der Waals surface area contributed by atoms with E-state index in [0.29, 0.717) is 23.6 Å². The molecule has 0 atom stereocenters. The van der Waals surface area contributed by atoms with E-state index < -0.39 is 0 Å². The fraction of sp³-hybridized carbons (Fsp3) is 0.0800. The topological polar surface area (TPSA) is 83.6 Å². The number of thiazole rings is 1. The van der Waals surface area contributed by atoms with Gasteiger partial charge in [0.05, 0.1) is 4.88 Å². The molecular weight excluding hydrogens is 436 g/mol. The van der Waals surface area contributed by atoms with Crippen molar-refractivity contribution in [2.24, 2.45) is 0 Å². The smallest absolute Gasteiger partial charge is 0.323 e. The van der Waals surface area contributed by atoms with E-state index in [2.05, 4.69) is 15.6 Å². The Labute approximate surface area is 194 Å². The molecule has 4 aromatic rings. The van der Waals surface area contributed by atoms with Gasteiger partial charge in [0.25, 0.3) is 0 Å². The number of urea groups is 1. The molecule has 3 aromatic carbocycles. The van der Waals surface area contributed by atoms with Gasteiger partial charge < -0.3 is 15.4 Å². The fourth-order valence-corrected chi connectivity index (χ4v) is 4.25. The van der Waals surface area contributed by atoms with Crippen molar-refractivity contribution in [2.75, 3.05) is 22.1 Å². The molecule has 0 aliphatic carbocycles. The van der Waals surface area contributed by atoms with Crippen molar-refractivity contribution in [3.8, 4) is 21.9 Å². The van der Waals surface area contributed by atoms with Crippen LogP contribution in [0.4, 0.5) is 21.3 Å². The Morgan fingerprint density at radius 3 is 2.12 bits per heavy atom. The summed E-state index contributed by atoms with van der Waals surface area (Å²) in [5, 5.41) is 6.31. The van der Waals surface area contributed by atoms with Gasteiger partial charge in [-0.15, -0.1) is 0 Å². The number of β-lactam (4-membered cyclic amide) rings is 1. The summed E-state index contributed by atoms with van der Waals surface area (Å²) in [4.78, 5) is 30.8. The third kappa shape index (κ3) is 4.86. The molecule has 5 rings (SSSR count). The van der Waals surface area contributed by atoms with Gasteiger partial charge in [-0.05, 0) is 66.2 Å². The van der Waals surface area contributed by atoms with E-state index in [1.807, 2.05) is 54.6 Å². The van der Waals surface area contributed by atoms with E-state index in [0.717, 1.165) is 27.8 Å². The van der Waals surface area contributed by atoms with Gasteiger partial charge in [-0.3, -0.25) is 9.69 Å². The number of nitrogens with one attached hydrogen (secondary N) is 2. The molecule has 0 saturated carbocycles. The summed E-state index contributed by atoms with van der Waals surface area (Å²) < 4.78 is 5.92. The van der Waals surface area contributed by atoms with E-state index in [1.54, 1.807) is 35.4 Å². The molecule has 0 radical (unpaired) electrons. The third-order valence-electron chi connectivity index (χ3n) is 5.09. The average Bonchev–Trinajstić information content (AvgIpc) is 3.29. The highest BCUT2D eigenvalue weighted by atomic mass is 32.1. The second kappa shape index (κ2) is 9.13. The number of amides is 3. The Balaban J connectivity index is 1.17. The third-order valence-corrected chi connectivity index (χ3v) is 6.16. The van der Waals surface area contributed by atoms with Crippen LogP contribution < -0.4 is 20.3 Å². The lowest BCUT2D eigenvalue weighted by Crippen LogP contribution is -2.43. The Kier molecular flexibility index (Phi) is 5.73. The van der Waals surface area contributed by atoms with Crippen LogP contribution in [0.25, 0.3) is 10.4 Å². The molecule has 1 fully saturated rings. The van der Waals surface area contributed by atoms with Crippen molar-refractivity contribution in [2.45, 2.75) is 6.42 Å². The van der Waals surface area contributed by atoms with Gasteiger partial charge in [0, 0.05) is 30.5 Å². The Morgan fingerprint density at radius 1 is 0.879 bits per heavy atom. The first-order chi connectivity index (χ1) is 16.1. The largest absolute Gasteiger partial charge is 0.457 e. The molecule has 33 heavy (non-hydrogen) atoms. The molecule has 1 aliphatic rings. The zero-order valence-electron chi connectivity index (χ0n) is 17.5. The predicted molar refractivity (Wildman–Crippen MR) is 130 cm³/mol. The van der Waals surface area contributed by atoms with Crippen molar-refractivity contribution in [3.05, 3.63) is 85.1 Å². The fourth-order valence-electron chi connectivity index (χ4n) is 3.28. The minimum absolute atomic E-state index is 0.123. The molecular formula is C25H20N4O3S. The van der Waals surface area contributed by atoms with E-state index in [-0.39, 0.29) is 11.9 Å². The normalized spacial score (nSPS) is 12.7. The first-order valence-corrected chi connectivity index (χ1v) is 11.2. The van der Waals surface area contributed by atoms with Gasteiger partial charge in [-0.25, -0.2) is 9.78 Å². The van der Waals surface area contributed by atoms with Crippen LogP contribution in [0, 0.1) is 0 Å². The second-order valence-electron chi connectivity index (χ2n) is 7.40. The van der Waals surface area contributed by atoms with Crippen molar-refractivity contribution in [1.82, 2.24) is 4.98 Å². The Hall–Kier alpha value is -4.17. The van der Waals surface area contributed by atoms with Crippen molar-refractivity contribution < 1.29 is 14.3 Å². The molecule has 1 aliphatic heterocycles. The van der Waals surface area contributed by atoms with Crippen LogP contribution in [0.1, 0.15) is 6.42 Å². The highest BCUT2D eigenvalue weighted by Crippen LogP contribution is 2.34. The maximum atomic E-state index is 12.1. The monoisotopic (exact) mass is 456 g/mol. The lowest BCUT2D eigenvalue weighted by molar-refractivity contribution is -0.122. The van der Waals surface area contributed by atoms with Crippen LogP contribution in [0.15, 0.2) is 85.1 Å². The molecule has 0 spiro atoms. The van der Waals surface area contributed by atoms with Crippen LogP contribution in [-0.2, 0) is 4.79 Å². The van der Waals surface area contributed by atoms with Crippen LogP contribution >= 0.6 is 11.3 Å². The first-order valence-electron chi connectivity index (χ1n) is 10.4. The number of anilines is 3. The van der Waals surface area contributed by atoms with Crippen molar-refractivity contribution in [1.29, 1.82) is 0 Å². The lowest BCUT2D eigenvalue weighted by atomic mass is 10.2. The van der Waals surface area contributed by atoms with E-state index >= 15 is 0 Å². The number of carbonyl (C=O) groups is 2. The van der Waals surface area contributed by atoms with Gasteiger partial charge in [0.1, 0.15) is 11.5 Å². The van der Waals surface area contributed by atoms with Gasteiger partial charge in [-0.2, -0.15) is 0 Å². The quantitative estimate of drug-likeness (QED) is 0.350. The Bertz CT molecular complexity index is 1270. The number of carbonyl (C=O) groups excluding carboxylic acids is 2. The molecule has 0 unspecified atom stereocenters. The standard InChI is InChI=1S/C25H20N4O3S/c30-23-14-15-29(23)25-26-16-22(33-25)17-6-10-20(11-7-17)32-21-12-8-19(9-13-21)28-24(31)27-18-4-2-1-3-5-18/h1-13,16H,14-15H2,(H2,27,28,31). The summed E-state index contributed by atoms with van der Waals surface area (Å²) in [6.45, 7) is 0.741. The Morgan fingerprint density at radius 2 is 1.52 bits per heavy atom. The SMILES string of the molecule is O=C(Nc1ccccc1)Nc1ccc(Oc2ccc(-c3cnc(N4CCC4=O)s3)cc2)cc1. The summed E-state index contributed by atoms with van der Waals surface area (Å²) in [7, 11) is 0. The molecule has 8 heteroatoms. The van der Waals surface area contributed by atoms with Crippen LogP contribution in [-0.4, -0.2) is 23.5 Å². The molecule has 2 N–H and O–H groups in total. The molecule has 1 aromatic heterocycles. The van der Waals surface area contributed by atoms with Crippen molar-refractivity contribution in [3.63, 3.8) is 0 Å². The molecule has 7 nitrogen and oxygen atoms in total. The summed E-state index contributed by atoms with van der Waals surface area (Å²) in [5.41, 5.74) is 2.40. The van der Waals surface area contributed by atoms with Gasteiger partial charge in [0.2, 0.25) is 5.91 Å². The number of rotatable bonds is 6. The van der Waals surface area contributed by atoms with Crippen molar-refractivity contribution >= 4 is 39.8 Å². The number of nitrogens with zero attached hydrogens (tertiary/aromatic N) is 2. The highest BCUT2D eigenvalue weighted by Gasteiger charge is 2.27. The number of benzene rings is 3. The maximum absolute atomic E-state index is 12.1. The number of para-hydroxylation sites is 1. The van der Waals surface area contributed by atoms with Gasteiger partial charge >= 0.3 is 6.03 Å². The zero-order chi connectivity index (χ0) is 22.6. The number of hydrogen-bond acceptors (Lipinski definition) is 5. The van der Waals surface area contributed by atoms with E-state index in [4.69, 9.17) is 4.74 Å². The summed E-state index contributed by atoms with van der Waals surface area (Å²) >= 11 is 1.50. The predicted octanol–water partition coefficient (Wildman–Crippen LogP) is 5.98. The number of ether oxygens (including phenoxy) is 1. The molecule has 164 valence electrons. The molecule has 3 amide bonds. The van der Waals surface area contributed by atoms with Crippen LogP contribution in [0.5, 0.6) is 11.5 Å². The number of hydrogen-bond donors (Lipinski definition) is 2. The zero-order valence-corrected chi connectivity index (χ0v) is 18.3. The van der Waals surface area contributed by atoms with Crippen LogP contribution in [0.3, 0.4) is 0 Å². The lowest BCUT2D eigenvalue weighted by Gasteiger charge is -2.27. The average molecular weight is 457 g/mol. The summed E-state index contributed by atoms with van der Waals surface area (Å²) in [6.07, 6.45) is 2.39. The first kappa shape index (κ1) is 20.7. The van der Waals surface area contributed by atoms with Gasteiger partial charge in [-0.1, -0.05) is 29.5 Å². The minimum Gasteiger partial charge on any atom is -0.457 e.